The predicted octanol–water partition coefficient (Wildman–Crippen LogP) is 2.84. The standard InChI is InChI=1S/C22H27N5O2/c1-15-13-18-14-17(3-4-19(18)29-15)22(28)26-10-7-20-23-24-21(27(20)12-11-26)16-5-8-25(2)9-6-16/h3-4,13-14,16H,5-12H2,1-2H3. The first-order chi connectivity index (χ1) is 14.1. The van der Waals surface area contributed by atoms with Gasteiger partial charge in [0.05, 0.1) is 0 Å². The smallest absolute Gasteiger partial charge is 0.253 e. The van der Waals surface area contributed by atoms with E-state index >= 15 is 0 Å². The number of likely N-dealkylation sites (tertiary alicyclic amines) is 1. The fourth-order valence-electron chi connectivity index (χ4n) is 4.61. The number of furan rings is 1. The van der Waals surface area contributed by atoms with Gasteiger partial charge < -0.3 is 18.8 Å². The van der Waals surface area contributed by atoms with Gasteiger partial charge in [-0.05, 0) is 64.2 Å². The minimum atomic E-state index is 0.0744. The number of nitrogens with zero attached hydrogens (tertiary/aromatic N) is 5. The lowest BCUT2D eigenvalue weighted by Crippen LogP contribution is -2.34. The van der Waals surface area contributed by atoms with Crippen LogP contribution in [0.25, 0.3) is 11.0 Å². The largest absolute Gasteiger partial charge is 0.461 e. The van der Waals surface area contributed by atoms with Crippen molar-refractivity contribution in [3.63, 3.8) is 0 Å². The van der Waals surface area contributed by atoms with Crippen molar-refractivity contribution in [2.24, 2.45) is 0 Å². The molecule has 1 aromatic carbocycles. The van der Waals surface area contributed by atoms with Crippen LogP contribution < -0.4 is 0 Å². The van der Waals surface area contributed by atoms with Gasteiger partial charge in [0.1, 0.15) is 23.0 Å². The fraction of sp³-hybridized carbons (Fsp3) is 0.500. The van der Waals surface area contributed by atoms with Gasteiger partial charge in [-0.25, -0.2) is 0 Å². The molecule has 1 fully saturated rings. The zero-order valence-corrected chi connectivity index (χ0v) is 17.1. The molecular formula is C22H27N5O2. The first kappa shape index (κ1) is 18.4. The average Bonchev–Trinajstić information content (AvgIpc) is 3.23. The Morgan fingerprint density at radius 1 is 1.07 bits per heavy atom. The first-order valence-electron chi connectivity index (χ1n) is 10.5. The highest BCUT2D eigenvalue weighted by molar-refractivity contribution is 5.97. The van der Waals surface area contributed by atoms with E-state index in [1.165, 1.54) is 0 Å². The molecule has 0 spiro atoms. The fourth-order valence-corrected chi connectivity index (χ4v) is 4.61. The number of carbonyl (C=O) groups excluding carboxylic acids is 1. The van der Waals surface area contributed by atoms with E-state index in [0.29, 0.717) is 24.6 Å². The van der Waals surface area contributed by atoms with Crippen LogP contribution in [0.5, 0.6) is 0 Å². The first-order valence-corrected chi connectivity index (χ1v) is 10.5. The molecule has 0 saturated carbocycles. The molecule has 0 aliphatic carbocycles. The van der Waals surface area contributed by atoms with Crippen LogP contribution in [0.15, 0.2) is 28.7 Å². The quantitative estimate of drug-likeness (QED) is 0.670. The molecule has 1 saturated heterocycles. The molecule has 4 heterocycles. The summed E-state index contributed by atoms with van der Waals surface area (Å²) in [4.78, 5) is 17.5. The number of aryl methyl sites for hydroxylation is 1. The van der Waals surface area contributed by atoms with Crippen LogP contribution in [0.2, 0.25) is 0 Å². The molecule has 1 amide bonds. The summed E-state index contributed by atoms with van der Waals surface area (Å²) in [6, 6.07) is 7.66. The van der Waals surface area contributed by atoms with Gasteiger partial charge in [0.15, 0.2) is 0 Å². The van der Waals surface area contributed by atoms with Gasteiger partial charge in [0.25, 0.3) is 5.91 Å². The van der Waals surface area contributed by atoms with Crippen molar-refractivity contribution >= 4 is 16.9 Å². The van der Waals surface area contributed by atoms with Crippen molar-refractivity contribution in [3.05, 3.63) is 47.2 Å². The summed E-state index contributed by atoms with van der Waals surface area (Å²) in [5.74, 6) is 3.53. The summed E-state index contributed by atoms with van der Waals surface area (Å²) in [6.07, 6.45) is 3.00. The molecule has 0 radical (unpaired) electrons. The van der Waals surface area contributed by atoms with Crippen LogP contribution in [0.1, 0.15) is 46.5 Å². The van der Waals surface area contributed by atoms with Crippen LogP contribution >= 0.6 is 0 Å². The summed E-state index contributed by atoms with van der Waals surface area (Å²) in [6.45, 7) is 6.26. The minimum Gasteiger partial charge on any atom is -0.461 e. The second kappa shape index (κ2) is 7.30. The van der Waals surface area contributed by atoms with Crippen molar-refractivity contribution in [3.8, 4) is 0 Å². The third kappa shape index (κ3) is 3.44. The molecule has 7 heteroatoms. The Balaban J connectivity index is 1.33. The molecule has 5 rings (SSSR count). The van der Waals surface area contributed by atoms with E-state index in [2.05, 4.69) is 26.7 Å². The Hall–Kier alpha value is -2.67. The molecule has 2 aliphatic heterocycles. The Morgan fingerprint density at radius 2 is 1.90 bits per heavy atom. The summed E-state index contributed by atoms with van der Waals surface area (Å²) >= 11 is 0. The number of hydrogen-bond donors (Lipinski definition) is 0. The van der Waals surface area contributed by atoms with Crippen LogP contribution in [-0.2, 0) is 13.0 Å². The van der Waals surface area contributed by atoms with Gasteiger partial charge in [-0.15, -0.1) is 10.2 Å². The molecule has 152 valence electrons. The topological polar surface area (TPSA) is 67.4 Å². The molecule has 29 heavy (non-hydrogen) atoms. The van der Waals surface area contributed by atoms with Gasteiger partial charge in [-0.2, -0.15) is 0 Å². The Bertz CT molecular complexity index is 1040. The third-order valence-electron chi connectivity index (χ3n) is 6.31. The lowest BCUT2D eigenvalue weighted by Gasteiger charge is -2.28. The Labute approximate surface area is 170 Å². The second-order valence-corrected chi connectivity index (χ2v) is 8.36. The maximum atomic E-state index is 13.1. The predicted molar refractivity (Wildman–Crippen MR) is 110 cm³/mol. The molecule has 3 aromatic rings. The van der Waals surface area contributed by atoms with Crippen LogP contribution in [0.4, 0.5) is 0 Å². The zero-order chi connectivity index (χ0) is 20.0. The van der Waals surface area contributed by atoms with Gasteiger partial charge in [0, 0.05) is 42.9 Å². The Kier molecular flexibility index (Phi) is 4.62. The number of carbonyl (C=O) groups is 1. The van der Waals surface area contributed by atoms with Gasteiger partial charge in [0.2, 0.25) is 0 Å². The normalized spacial score (nSPS) is 18.8. The van der Waals surface area contributed by atoms with E-state index in [-0.39, 0.29) is 5.91 Å². The van der Waals surface area contributed by atoms with Crippen molar-refractivity contribution in [2.45, 2.75) is 38.6 Å². The Morgan fingerprint density at radius 3 is 2.72 bits per heavy atom. The van der Waals surface area contributed by atoms with Gasteiger partial charge >= 0.3 is 0 Å². The lowest BCUT2D eigenvalue weighted by molar-refractivity contribution is 0.0758. The summed E-state index contributed by atoms with van der Waals surface area (Å²) < 4.78 is 7.90. The van der Waals surface area contributed by atoms with Crippen LogP contribution in [-0.4, -0.2) is 63.7 Å². The lowest BCUT2D eigenvalue weighted by atomic mass is 9.96. The number of hydrogen-bond acceptors (Lipinski definition) is 5. The van der Waals surface area contributed by atoms with E-state index in [4.69, 9.17) is 4.42 Å². The van der Waals surface area contributed by atoms with Crippen molar-refractivity contribution < 1.29 is 9.21 Å². The third-order valence-corrected chi connectivity index (χ3v) is 6.31. The molecule has 0 atom stereocenters. The number of aromatic nitrogens is 3. The molecule has 0 unspecified atom stereocenters. The van der Waals surface area contributed by atoms with Crippen LogP contribution in [0.3, 0.4) is 0 Å². The summed E-state index contributed by atoms with van der Waals surface area (Å²) in [5, 5.41) is 9.98. The zero-order valence-electron chi connectivity index (χ0n) is 17.1. The van der Waals surface area contributed by atoms with Crippen LogP contribution in [0, 0.1) is 6.92 Å². The minimum absolute atomic E-state index is 0.0744. The highest BCUT2D eigenvalue weighted by Gasteiger charge is 2.28. The molecule has 0 bridgehead atoms. The molecule has 7 nitrogen and oxygen atoms in total. The maximum absolute atomic E-state index is 13.1. The van der Waals surface area contributed by atoms with E-state index in [1.54, 1.807) is 0 Å². The number of piperidine rings is 1. The average molecular weight is 393 g/mol. The van der Waals surface area contributed by atoms with E-state index < -0.39 is 0 Å². The highest BCUT2D eigenvalue weighted by Crippen LogP contribution is 2.28. The summed E-state index contributed by atoms with van der Waals surface area (Å²) in [7, 11) is 2.17. The molecular weight excluding hydrogens is 366 g/mol. The van der Waals surface area contributed by atoms with E-state index in [1.807, 2.05) is 36.1 Å². The highest BCUT2D eigenvalue weighted by atomic mass is 16.3. The van der Waals surface area contributed by atoms with Crippen molar-refractivity contribution in [1.82, 2.24) is 24.6 Å². The number of rotatable bonds is 2. The number of amides is 1. The second-order valence-electron chi connectivity index (χ2n) is 8.36. The van der Waals surface area contributed by atoms with Gasteiger partial charge in [-0.1, -0.05) is 0 Å². The van der Waals surface area contributed by atoms with Crippen molar-refractivity contribution in [1.29, 1.82) is 0 Å². The molecule has 0 N–H and O–H groups in total. The number of benzene rings is 1. The SMILES string of the molecule is Cc1cc2cc(C(=O)N3CCc4nnc(C5CCN(C)CC5)n4CC3)ccc2o1. The maximum Gasteiger partial charge on any atom is 0.253 e. The van der Waals surface area contributed by atoms with Gasteiger partial charge in [-0.3, -0.25) is 4.79 Å². The van der Waals surface area contributed by atoms with Crippen molar-refractivity contribution in [2.75, 3.05) is 33.2 Å². The van der Waals surface area contributed by atoms with E-state index in [0.717, 1.165) is 67.3 Å². The molecule has 2 aliphatic rings. The number of fused-ring (bicyclic) bond motifs is 2. The monoisotopic (exact) mass is 393 g/mol. The summed E-state index contributed by atoms with van der Waals surface area (Å²) in [5.41, 5.74) is 1.54. The van der Waals surface area contributed by atoms with E-state index in [9.17, 15) is 4.79 Å². The molecule has 2 aromatic heterocycles.